The van der Waals surface area contributed by atoms with Crippen molar-refractivity contribution in [1.29, 1.82) is 0 Å². The Labute approximate surface area is 168 Å². The van der Waals surface area contributed by atoms with Crippen molar-refractivity contribution in [3.8, 4) is 0 Å². The molecule has 0 spiro atoms. The molecule has 0 aliphatic rings. The molecule has 138 valence electrons. The van der Waals surface area contributed by atoms with E-state index in [0.717, 1.165) is 0 Å². The van der Waals surface area contributed by atoms with E-state index in [2.05, 4.69) is 10.6 Å². The number of rotatable bonds is 5. The van der Waals surface area contributed by atoms with Gasteiger partial charge in [0.2, 0.25) is 6.54 Å². The van der Waals surface area contributed by atoms with E-state index in [-0.39, 0.29) is 30.8 Å². The van der Waals surface area contributed by atoms with Crippen LogP contribution in [0.5, 0.6) is 0 Å². The zero-order valence-electron chi connectivity index (χ0n) is 14.2. The SMILES string of the molecule is O=C(C[n+]1ccccc1)Nc1cccc(C(=O)Nc2ccc(Cl)cc2)c1.[Cl-]. The van der Waals surface area contributed by atoms with Crippen LogP contribution in [0.25, 0.3) is 0 Å². The number of pyridine rings is 1. The topological polar surface area (TPSA) is 62.1 Å². The molecule has 2 aromatic carbocycles. The third-order valence-electron chi connectivity index (χ3n) is 3.61. The number of amides is 2. The third kappa shape index (κ3) is 6.09. The van der Waals surface area contributed by atoms with Crippen molar-refractivity contribution < 1.29 is 26.6 Å². The summed E-state index contributed by atoms with van der Waals surface area (Å²) in [6.07, 6.45) is 3.63. The molecule has 0 fully saturated rings. The first-order chi connectivity index (χ1) is 12.6. The van der Waals surface area contributed by atoms with Gasteiger partial charge >= 0.3 is 0 Å². The average Bonchev–Trinajstić information content (AvgIpc) is 2.64. The zero-order chi connectivity index (χ0) is 18.4. The summed E-state index contributed by atoms with van der Waals surface area (Å²) in [6.45, 7) is 0.196. The molecule has 27 heavy (non-hydrogen) atoms. The Balaban J connectivity index is 0.00000261. The fourth-order valence-corrected chi connectivity index (χ4v) is 2.51. The zero-order valence-corrected chi connectivity index (χ0v) is 15.7. The van der Waals surface area contributed by atoms with Crippen molar-refractivity contribution in [1.82, 2.24) is 0 Å². The molecule has 7 heteroatoms. The van der Waals surface area contributed by atoms with Gasteiger partial charge in [0.25, 0.3) is 11.8 Å². The Morgan fingerprint density at radius 1 is 0.852 bits per heavy atom. The highest BCUT2D eigenvalue weighted by Gasteiger charge is 2.11. The summed E-state index contributed by atoms with van der Waals surface area (Å²) in [4.78, 5) is 24.5. The number of carbonyl (C=O) groups excluding carboxylic acids is 2. The molecule has 0 radical (unpaired) electrons. The number of aromatic nitrogens is 1. The van der Waals surface area contributed by atoms with Gasteiger partial charge in [0.1, 0.15) is 0 Å². The molecule has 0 saturated carbocycles. The highest BCUT2D eigenvalue weighted by Crippen LogP contribution is 2.16. The number of benzene rings is 2. The Hall–Kier alpha value is -2.89. The maximum absolute atomic E-state index is 12.4. The van der Waals surface area contributed by atoms with Crippen molar-refractivity contribution in [2.24, 2.45) is 0 Å². The summed E-state index contributed by atoms with van der Waals surface area (Å²) < 4.78 is 1.77. The second-order valence-corrected chi connectivity index (χ2v) is 6.07. The van der Waals surface area contributed by atoms with Crippen LogP contribution in [0.3, 0.4) is 0 Å². The molecule has 3 rings (SSSR count). The minimum atomic E-state index is -0.263. The highest BCUT2D eigenvalue weighted by atomic mass is 35.5. The number of nitrogens with one attached hydrogen (secondary N) is 2. The number of carbonyl (C=O) groups is 2. The Kier molecular flexibility index (Phi) is 7.34. The van der Waals surface area contributed by atoms with Gasteiger partial charge in [-0.25, -0.2) is 0 Å². The molecular formula is C20H17Cl2N3O2. The average molecular weight is 402 g/mol. The van der Waals surface area contributed by atoms with Crippen LogP contribution in [0.1, 0.15) is 10.4 Å². The normalized spacial score (nSPS) is 9.81. The van der Waals surface area contributed by atoms with Crippen molar-refractivity contribution in [3.63, 3.8) is 0 Å². The van der Waals surface area contributed by atoms with E-state index in [1.54, 1.807) is 53.1 Å². The monoisotopic (exact) mass is 401 g/mol. The Morgan fingerprint density at radius 3 is 2.26 bits per heavy atom. The lowest BCUT2D eigenvalue weighted by Gasteiger charge is -2.08. The van der Waals surface area contributed by atoms with Gasteiger partial charge in [-0.2, -0.15) is 4.57 Å². The van der Waals surface area contributed by atoms with Crippen LogP contribution in [-0.2, 0) is 11.3 Å². The Morgan fingerprint density at radius 2 is 1.56 bits per heavy atom. The molecule has 0 aliphatic heterocycles. The van der Waals surface area contributed by atoms with Crippen LogP contribution in [0.4, 0.5) is 11.4 Å². The molecule has 1 heterocycles. The van der Waals surface area contributed by atoms with Crippen LogP contribution in [0, 0.1) is 0 Å². The van der Waals surface area contributed by atoms with Gasteiger partial charge in [-0.1, -0.05) is 23.7 Å². The van der Waals surface area contributed by atoms with E-state index in [9.17, 15) is 9.59 Å². The lowest BCUT2D eigenvalue weighted by Crippen LogP contribution is -3.00. The van der Waals surface area contributed by atoms with Crippen molar-refractivity contribution >= 4 is 34.8 Å². The fraction of sp³-hybridized carbons (Fsp3) is 0.0500. The fourth-order valence-electron chi connectivity index (χ4n) is 2.38. The van der Waals surface area contributed by atoms with E-state index in [1.165, 1.54) is 0 Å². The van der Waals surface area contributed by atoms with Crippen LogP contribution >= 0.6 is 11.6 Å². The quantitative estimate of drug-likeness (QED) is 0.612. The number of hydrogen-bond acceptors (Lipinski definition) is 2. The van der Waals surface area contributed by atoms with Gasteiger partial charge in [0.05, 0.1) is 0 Å². The molecule has 0 atom stereocenters. The summed E-state index contributed by atoms with van der Waals surface area (Å²) in [6, 6.07) is 19.2. The molecule has 0 bridgehead atoms. The Bertz CT molecular complexity index is 916. The molecule has 3 aromatic rings. The van der Waals surface area contributed by atoms with Crippen LogP contribution in [-0.4, -0.2) is 11.8 Å². The molecule has 0 aliphatic carbocycles. The molecule has 2 amide bonds. The van der Waals surface area contributed by atoms with Gasteiger partial charge < -0.3 is 23.0 Å². The predicted molar refractivity (Wildman–Crippen MR) is 101 cm³/mol. The summed E-state index contributed by atoms with van der Waals surface area (Å²) in [5, 5.41) is 6.19. The molecule has 1 aromatic heterocycles. The largest absolute Gasteiger partial charge is 1.00 e. The standard InChI is InChI=1S/C20H16ClN3O2.ClH/c21-16-7-9-17(10-8-16)23-20(26)15-5-4-6-18(13-15)22-19(25)14-24-11-2-1-3-12-24;/h1-13H,14H2,(H-,22,23,25,26);1H. The molecular weight excluding hydrogens is 385 g/mol. The van der Waals surface area contributed by atoms with E-state index in [1.807, 2.05) is 30.6 Å². The van der Waals surface area contributed by atoms with Gasteiger partial charge in [-0.05, 0) is 42.5 Å². The first-order valence-electron chi connectivity index (χ1n) is 8.01. The van der Waals surface area contributed by atoms with Crippen LogP contribution < -0.4 is 27.6 Å². The first-order valence-corrected chi connectivity index (χ1v) is 8.39. The molecule has 0 unspecified atom stereocenters. The van der Waals surface area contributed by atoms with E-state index in [4.69, 9.17) is 11.6 Å². The predicted octanol–water partition coefficient (Wildman–Crippen LogP) is 0.522. The first kappa shape index (κ1) is 20.4. The smallest absolute Gasteiger partial charge is 0.290 e. The van der Waals surface area contributed by atoms with Gasteiger partial charge in [-0.15, -0.1) is 0 Å². The lowest BCUT2D eigenvalue weighted by molar-refractivity contribution is -0.684. The minimum Gasteiger partial charge on any atom is -1.00 e. The number of halogens is 2. The highest BCUT2D eigenvalue weighted by molar-refractivity contribution is 6.30. The molecule has 5 nitrogen and oxygen atoms in total. The maximum Gasteiger partial charge on any atom is 0.290 e. The van der Waals surface area contributed by atoms with Crippen LogP contribution in [0.2, 0.25) is 5.02 Å². The summed E-state index contributed by atoms with van der Waals surface area (Å²) in [5.74, 6) is -0.433. The molecule has 0 saturated heterocycles. The van der Waals surface area contributed by atoms with Gasteiger partial charge in [0.15, 0.2) is 12.4 Å². The van der Waals surface area contributed by atoms with Gasteiger partial charge in [0, 0.05) is 34.1 Å². The summed E-state index contributed by atoms with van der Waals surface area (Å²) in [5.41, 5.74) is 1.66. The van der Waals surface area contributed by atoms with Crippen molar-refractivity contribution in [3.05, 3.63) is 89.7 Å². The summed E-state index contributed by atoms with van der Waals surface area (Å²) in [7, 11) is 0. The minimum absolute atomic E-state index is 0. The number of hydrogen-bond donors (Lipinski definition) is 2. The van der Waals surface area contributed by atoms with E-state index in [0.29, 0.717) is 22.0 Å². The molecule has 2 N–H and O–H groups in total. The maximum atomic E-state index is 12.4. The summed E-state index contributed by atoms with van der Waals surface area (Å²) >= 11 is 5.84. The lowest BCUT2D eigenvalue weighted by atomic mass is 10.2. The van der Waals surface area contributed by atoms with E-state index < -0.39 is 0 Å². The van der Waals surface area contributed by atoms with Gasteiger partial charge in [-0.3, -0.25) is 9.59 Å². The van der Waals surface area contributed by atoms with Crippen molar-refractivity contribution in [2.75, 3.05) is 10.6 Å². The number of nitrogens with zero attached hydrogens (tertiary/aromatic N) is 1. The van der Waals surface area contributed by atoms with Crippen molar-refractivity contribution in [2.45, 2.75) is 6.54 Å². The second kappa shape index (κ2) is 9.71. The van der Waals surface area contributed by atoms with E-state index >= 15 is 0 Å². The number of anilines is 2. The van der Waals surface area contributed by atoms with Crippen LogP contribution in [0.15, 0.2) is 79.1 Å². The third-order valence-corrected chi connectivity index (χ3v) is 3.87. The second-order valence-electron chi connectivity index (χ2n) is 5.64.